The predicted molar refractivity (Wildman–Crippen MR) is 122 cm³/mol. The number of carbonyl (C=O) groups is 1. The molecule has 0 aliphatic rings. The van der Waals surface area contributed by atoms with Gasteiger partial charge in [-0.2, -0.15) is 0 Å². The first-order valence-corrected chi connectivity index (χ1v) is 10.8. The van der Waals surface area contributed by atoms with Crippen molar-refractivity contribution in [1.29, 1.82) is 0 Å². The van der Waals surface area contributed by atoms with Gasteiger partial charge in [0.2, 0.25) is 0 Å². The monoisotopic (exact) mass is 456 g/mol. The highest BCUT2D eigenvalue weighted by molar-refractivity contribution is 5.71. The second-order valence-electron chi connectivity index (χ2n) is 8.23. The van der Waals surface area contributed by atoms with E-state index >= 15 is 0 Å². The Bertz CT molecular complexity index is 1160. The van der Waals surface area contributed by atoms with Gasteiger partial charge in [0.25, 0.3) is 0 Å². The molecule has 0 saturated carbocycles. The van der Waals surface area contributed by atoms with Crippen molar-refractivity contribution in [2.75, 3.05) is 6.61 Å². The van der Waals surface area contributed by atoms with Crippen LogP contribution in [-0.2, 0) is 22.4 Å². The third-order valence-electron chi connectivity index (χ3n) is 5.46. The maximum atomic E-state index is 14.6. The van der Waals surface area contributed by atoms with E-state index in [9.17, 15) is 18.0 Å². The van der Waals surface area contributed by atoms with Gasteiger partial charge >= 0.3 is 5.97 Å². The van der Waals surface area contributed by atoms with E-state index in [0.29, 0.717) is 52.0 Å². The molecule has 0 heterocycles. The molecule has 0 aliphatic carbocycles. The van der Waals surface area contributed by atoms with Crippen LogP contribution in [0, 0.1) is 31.3 Å². The van der Waals surface area contributed by atoms with Crippen LogP contribution in [0.3, 0.4) is 0 Å². The van der Waals surface area contributed by atoms with Gasteiger partial charge in [-0.3, -0.25) is 0 Å². The Balaban J connectivity index is 1.81. The molecular formula is C27H27F3O3. The number of carbonyl (C=O) groups excluding carboxylic acids is 1. The summed E-state index contributed by atoms with van der Waals surface area (Å²) in [5.74, 6) is -1.31. The van der Waals surface area contributed by atoms with E-state index in [0.717, 1.165) is 0 Å². The van der Waals surface area contributed by atoms with E-state index in [4.69, 9.17) is 9.47 Å². The Kier molecular flexibility index (Phi) is 7.79. The normalized spacial score (nSPS) is 11.0. The molecule has 3 rings (SSSR count). The molecule has 0 N–H and O–H groups in total. The maximum absolute atomic E-state index is 14.6. The molecule has 0 unspecified atom stereocenters. The summed E-state index contributed by atoms with van der Waals surface area (Å²) in [5.41, 5.74) is 3.32. The van der Waals surface area contributed by atoms with Gasteiger partial charge < -0.3 is 9.47 Å². The molecule has 0 fully saturated rings. The first kappa shape index (κ1) is 24.4. The summed E-state index contributed by atoms with van der Waals surface area (Å²) in [6.07, 6.45) is 0.429. The van der Waals surface area contributed by atoms with Crippen LogP contribution in [0.25, 0.3) is 11.1 Å². The van der Waals surface area contributed by atoms with E-state index in [-0.39, 0.29) is 12.7 Å². The Morgan fingerprint density at radius 3 is 2.33 bits per heavy atom. The first-order chi connectivity index (χ1) is 15.7. The average molecular weight is 457 g/mol. The predicted octanol–water partition coefficient (Wildman–Crippen LogP) is 6.50. The highest BCUT2D eigenvalue weighted by atomic mass is 19.1. The van der Waals surface area contributed by atoms with Crippen LogP contribution in [0.2, 0.25) is 0 Å². The minimum atomic E-state index is -0.504. The van der Waals surface area contributed by atoms with E-state index in [1.54, 1.807) is 39.8 Å². The molecule has 3 nitrogen and oxygen atoms in total. The van der Waals surface area contributed by atoms with Crippen LogP contribution in [0.15, 0.2) is 48.5 Å². The zero-order valence-corrected chi connectivity index (χ0v) is 19.2. The van der Waals surface area contributed by atoms with E-state index < -0.39 is 23.4 Å². The molecule has 0 bridgehead atoms. The number of rotatable bonds is 8. The van der Waals surface area contributed by atoms with Crippen molar-refractivity contribution in [3.8, 4) is 16.9 Å². The summed E-state index contributed by atoms with van der Waals surface area (Å²) in [7, 11) is 0. The number of esters is 1. The molecule has 0 saturated heterocycles. The van der Waals surface area contributed by atoms with Crippen molar-refractivity contribution in [2.45, 2.75) is 46.6 Å². The summed E-state index contributed by atoms with van der Waals surface area (Å²) >= 11 is 0. The lowest BCUT2D eigenvalue weighted by Crippen LogP contribution is -2.19. The zero-order chi connectivity index (χ0) is 24.1. The van der Waals surface area contributed by atoms with Gasteiger partial charge in [-0.05, 0) is 104 Å². The van der Waals surface area contributed by atoms with Crippen molar-refractivity contribution in [1.82, 2.24) is 0 Å². The molecule has 33 heavy (non-hydrogen) atoms. The number of aryl methyl sites for hydroxylation is 1. The molecule has 0 aromatic heterocycles. The maximum Gasteiger partial charge on any atom is 0.344 e. The second kappa shape index (κ2) is 10.6. The summed E-state index contributed by atoms with van der Waals surface area (Å²) in [4.78, 5) is 11.8. The molecule has 0 spiro atoms. The molecule has 174 valence electrons. The van der Waals surface area contributed by atoms with Crippen LogP contribution >= 0.6 is 0 Å². The first-order valence-electron chi connectivity index (χ1n) is 10.8. The fourth-order valence-electron chi connectivity index (χ4n) is 3.69. The minimum Gasteiger partial charge on any atom is -0.482 e. The van der Waals surface area contributed by atoms with Gasteiger partial charge in [-0.25, -0.2) is 18.0 Å². The lowest BCUT2D eigenvalue weighted by atomic mass is 9.93. The topological polar surface area (TPSA) is 35.5 Å². The summed E-state index contributed by atoms with van der Waals surface area (Å²) in [5, 5.41) is 0. The van der Waals surface area contributed by atoms with Gasteiger partial charge in [0.05, 0.1) is 6.10 Å². The lowest BCUT2D eigenvalue weighted by Gasteiger charge is -2.15. The number of hydrogen-bond acceptors (Lipinski definition) is 3. The molecule has 0 atom stereocenters. The van der Waals surface area contributed by atoms with Gasteiger partial charge in [-0.1, -0.05) is 18.2 Å². The van der Waals surface area contributed by atoms with E-state index in [1.165, 1.54) is 30.3 Å². The standard InChI is InChI=1S/C27H27F3O3/c1-16(2)33-27(31)15-32-26-11-10-24(29)23(18(26)4)9-8-19-12-21(14-25(30)17(19)3)20-6-5-7-22(28)13-20/h5-7,10-14,16H,8-9,15H2,1-4H3. The molecular weight excluding hydrogens is 429 g/mol. The van der Waals surface area contributed by atoms with Gasteiger partial charge in [-0.15, -0.1) is 0 Å². The van der Waals surface area contributed by atoms with Gasteiger partial charge in [0, 0.05) is 0 Å². The summed E-state index contributed by atoms with van der Waals surface area (Å²) in [6.45, 7) is 6.60. The molecule has 6 heteroatoms. The smallest absolute Gasteiger partial charge is 0.344 e. The Labute approximate surface area is 192 Å². The fourth-order valence-corrected chi connectivity index (χ4v) is 3.69. The Morgan fingerprint density at radius 2 is 1.64 bits per heavy atom. The molecule has 0 aliphatic heterocycles. The second-order valence-corrected chi connectivity index (χ2v) is 8.23. The highest BCUT2D eigenvalue weighted by Crippen LogP contribution is 2.29. The highest BCUT2D eigenvalue weighted by Gasteiger charge is 2.15. The molecule has 3 aromatic carbocycles. The fraction of sp³-hybridized carbons (Fsp3) is 0.296. The third kappa shape index (κ3) is 6.15. The van der Waals surface area contributed by atoms with Crippen LogP contribution in [0.1, 0.15) is 36.1 Å². The lowest BCUT2D eigenvalue weighted by molar-refractivity contribution is -0.149. The number of hydrogen-bond donors (Lipinski definition) is 0. The van der Waals surface area contributed by atoms with Crippen LogP contribution in [0.4, 0.5) is 13.2 Å². The molecule has 0 amide bonds. The van der Waals surface area contributed by atoms with Crippen molar-refractivity contribution >= 4 is 5.97 Å². The van der Waals surface area contributed by atoms with Crippen LogP contribution < -0.4 is 4.74 Å². The molecule has 0 radical (unpaired) electrons. The van der Waals surface area contributed by atoms with Crippen LogP contribution in [0.5, 0.6) is 5.75 Å². The zero-order valence-electron chi connectivity index (χ0n) is 19.2. The van der Waals surface area contributed by atoms with E-state index in [2.05, 4.69) is 0 Å². The van der Waals surface area contributed by atoms with Gasteiger partial charge in [0.1, 0.15) is 23.2 Å². The Hall–Kier alpha value is -3.28. The van der Waals surface area contributed by atoms with Crippen molar-refractivity contribution in [2.24, 2.45) is 0 Å². The number of ether oxygens (including phenoxy) is 2. The SMILES string of the molecule is Cc1c(F)cc(-c2cccc(F)c2)cc1CCc1c(F)ccc(OCC(=O)OC(C)C)c1C. The van der Waals surface area contributed by atoms with Gasteiger partial charge in [0.15, 0.2) is 6.61 Å². The Morgan fingerprint density at radius 1 is 0.879 bits per heavy atom. The summed E-state index contributed by atoms with van der Waals surface area (Å²) in [6, 6.07) is 11.9. The average Bonchev–Trinajstić information content (AvgIpc) is 2.75. The van der Waals surface area contributed by atoms with E-state index in [1.807, 2.05) is 6.07 Å². The van der Waals surface area contributed by atoms with Crippen molar-refractivity contribution in [3.05, 3.63) is 88.2 Å². The quantitative estimate of drug-likeness (QED) is 0.363. The molecule has 3 aromatic rings. The third-order valence-corrected chi connectivity index (χ3v) is 5.46. The minimum absolute atomic E-state index is 0.252. The number of benzene rings is 3. The van der Waals surface area contributed by atoms with Crippen molar-refractivity contribution < 1.29 is 27.4 Å². The van der Waals surface area contributed by atoms with Crippen LogP contribution in [-0.4, -0.2) is 18.7 Å². The van der Waals surface area contributed by atoms with Crippen molar-refractivity contribution in [3.63, 3.8) is 0 Å². The number of halogens is 3. The summed E-state index contributed by atoms with van der Waals surface area (Å²) < 4.78 is 53.4. The largest absolute Gasteiger partial charge is 0.482 e.